The standard InChI is InChI=1S/C31H36N4O3S3/c1-4-14-34-15-13-24-27(19-34)40-31(28(24)30-32-25-7-5-6-8-26(25)39-30)33-29(36)22-9-11-23(12-10-22)41(37,38)35-17-20(2)16-21(3)18-35/h5-12,20-21H,4,13-19H2,1-3H3,(H,33,36). The third kappa shape index (κ3) is 5.72. The minimum atomic E-state index is -3.60. The molecule has 2 aromatic heterocycles. The molecule has 0 aliphatic carbocycles. The molecule has 216 valence electrons. The number of hydrogen-bond donors (Lipinski definition) is 1. The lowest BCUT2D eigenvalue weighted by Gasteiger charge is -2.34. The van der Waals surface area contributed by atoms with E-state index in [1.807, 2.05) is 18.2 Å². The summed E-state index contributed by atoms with van der Waals surface area (Å²) in [6.07, 6.45) is 3.07. The van der Waals surface area contributed by atoms with E-state index < -0.39 is 10.0 Å². The number of anilines is 1. The summed E-state index contributed by atoms with van der Waals surface area (Å²) in [5.74, 6) is 0.406. The number of sulfonamides is 1. The first kappa shape index (κ1) is 28.5. The average Bonchev–Trinajstić information content (AvgIpc) is 3.53. The second-order valence-electron chi connectivity index (χ2n) is 11.5. The highest BCUT2D eigenvalue weighted by molar-refractivity contribution is 7.89. The molecule has 1 fully saturated rings. The third-order valence-corrected chi connectivity index (χ3v) is 12.0. The van der Waals surface area contributed by atoms with Crippen LogP contribution < -0.4 is 5.32 Å². The first-order valence-electron chi connectivity index (χ1n) is 14.4. The van der Waals surface area contributed by atoms with Crippen LogP contribution in [0, 0.1) is 11.8 Å². The fourth-order valence-corrected chi connectivity index (χ4v) is 10.2. The molecule has 7 nitrogen and oxygen atoms in total. The molecular weight excluding hydrogens is 573 g/mol. The van der Waals surface area contributed by atoms with Gasteiger partial charge in [-0.2, -0.15) is 4.31 Å². The van der Waals surface area contributed by atoms with Crippen molar-refractivity contribution in [1.82, 2.24) is 14.2 Å². The van der Waals surface area contributed by atoms with Crippen LogP contribution in [0.5, 0.6) is 0 Å². The molecule has 10 heteroatoms. The van der Waals surface area contributed by atoms with Crippen LogP contribution in [0.25, 0.3) is 20.8 Å². The van der Waals surface area contributed by atoms with Crippen LogP contribution in [0.15, 0.2) is 53.4 Å². The maximum Gasteiger partial charge on any atom is 0.256 e. The van der Waals surface area contributed by atoms with E-state index in [0.29, 0.717) is 30.5 Å². The van der Waals surface area contributed by atoms with Crippen molar-refractivity contribution in [2.45, 2.75) is 51.5 Å². The highest BCUT2D eigenvalue weighted by Crippen LogP contribution is 2.46. The van der Waals surface area contributed by atoms with Gasteiger partial charge in [-0.05, 0) is 79.6 Å². The zero-order chi connectivity index (χ0) is 28.7. The number of hydrogen-bond acceptors (Lipinski definition) is 7. The number of amides is 1. The number of thiazole rings is 1. The van der Waals surface area contributed by atoms with Crippen molar-refractivity contribution < 1.29 is 13.2 Å². The van der Waals surface area contributed by atoms with Crippen LogP contribution in [-0.4, -0.2) is 54.7 Å². The van der Waals surface area contributed by atoms with Gasteiger partial charge in [-0.3, -0.25) is 9.69 Å². The molecule has 0 spiro atoms. The zero-order valence-corrected chi connectivity index (χ0v) is 26.2. The fourth-order valence-electron chi connectivity index (χ4n) is 6.16. The molecule has 1 amide bonds. The van der Waals surface area contributed by atoms with Gasteiger partial charge in [-0.15, -0.1) is 22.7 Å². The highest BCUT2D eigenvalue weighted by atomic mass is 32.2. The Morgan fingerprint density at radius 3 is 2.49 bits per heavy atom. The maximum atomic E-state index is 13.5. The maximum absolute atomic E-state index is 13.5. The summed E-state index contributed by atoms with van der Waals surface area (Å²) in [7, 11) is -3.60. The van der Waals surface area contributed by atoms with E-state index in [2.05, 4.69) is 37.1 Å². The Balaban J connectivity index is 1.28. The molecule has 2 aromatic carbocycles. The summed E-state index contributed by atoms with van der Waals surface area (Å²) in [5, 5.41) is 4.91. The van der Waals surface area contributed by atoms with E-state index >= 15 is 0 Å². The molecule has 6 rings (SSSR count). The molecule has 1 N–H and O–H groups in total. The predicted molar refractivity (Wildman–Crippen MR) is 168 cm³/mol. The predicted octanol–water partition coefficient (Wildman–Crippen LogP) is 6.71. The second-order valence-corrected chi connectivity index (χ2v) is 15.5. The van der Waals surface area contributed by atoms with Gasteiger partial charge in [-0.1, -0.05) is 32.9 Å². The zero-order valence-electron chi connectivity index (χ0n) is 23.7. The molecule has 2 aliphatic heterocycles. The van der Waals surface area contributed by atoms with E-state index in [1.165, 1.54) is 10.4 Å². The molecule has 2 atom stereocenters. The first-order valence-corrected chi connectivity index (χ1v) is 17.4. The van der Waals surface area contributed by atoms with Gasteiger partial charge in [0, 0.05) is 42.2 Å². The van der Waals surface area contributed by atoms with Gasteiger partial charge in [-0.25, -0.2) is 13.4 Å². The van der Waals surface area contributed by atoms with E-state index in [-0.39, 0.29) is 10.8 Å². The molecule has 0 saturated carbocycles. The molecule has 0 radical (unpaired) electrons. The number of carbonyl (C=O) groups excluding carboxylic acids is 1. The number of thiophene rings is 1. The van der Waals surface area contributed by atoms with Gasteiger partial charge < -0.3 is 5.32 Å². The largest absolute Gasteiger partial charge is 0.313 e. The molecular formula is C31H36N4O3S3. The van der Waals surface area contributed by atoms with Gasteiger partial charge >= 0.3 is 0 Å². The van der Waals surface area contributed by atoms with Gasteiger partial charge in [0.05, 0.1) is 15.1 Å². The lowest BCUT2D eigenvalue weighted by Crippen LogP contribution is -2.42. The number of para-hydroxylation sites is 1. The number of aromatic nitrogens is 1. The minimum Gasteiger partial charge on any atom is -0.313 e. The quantitative estimate of drug-likeness (QED) is 0.252. The topological polar surface area (TPSA) is 82.6 Å². The molecule has 4 heterocycles. The van der Waals surface area contributed by atoms with E-state index in [0.717, 1.165) is 64.7 Å². The Morgan fingerprint density at radius 2 is 1.78 bits per heavy atom. The van der Waals surface area contributed by atoms with Gasteiger partial charge in [0.25, 0.3) is 5.91 Å². The molecule has 1 saturated heterocycles. The van der Waals surface area contributed by atoms with E-state index in [9.17, 15) is 13.2 Å². The monoisotopic (exact) mass is 608 g/mol. The van der Waals surface area contributed by atoms with Crippen LogP contribution in [0.2, 0.25) is 0 Å². The van der Waals surface area contributed by atoms with Gasteiger partial charge in [0.1, 0.15) is 10.0 Å². The second kappa shape index (κ2) is 11.6. The number of piperidine rings is 1. The molecule has 0 bridgehead atoms. The fraction of sp³-hybridized carbons (Fsp3) is 0.419. The Morgan fingerprint density at radius 1 is 1.05 bits per heavy atom. The average molecular weight is 609 g/mol. The first-order chi connectivity index (χ1) is 19.7. The Hall–Kier alpha value is -2.63. The number of benzene rings is 2. The van der Waals surface area contributed by atoms with Crippen molar-refractivity contribution in [2.24, 2.45) is 11.8 Å². The summed E-state index contributed by atoms with van der Waals surface area (Å²) in [4.78, 5) is 22.4. The van der Waals surface area contributed by atoms with Crippen molar-refractivity contribution >= 4 is 53.8 Å². The van der Waals surface area contributed by atoms with E-state index in [1.54, 1.807) is 51.2 Å². The number of carbonyl (C=O) groups is 1. The summed E-state index contributed by atoms with van der Waals surface area (Å²) in [6, 6.07) is 14.5. The summed E-state index contributed by atoms with van der Waals surface area (Å²) in [5.41, 5.74) is 3.70. The number of fused-ring (bicyclic) bond motifs is 2. The van der Waals surface area contributed by atoms with E-state index in [4.69, 9.17) is 4.98 Å². The number of nitrogens with zero attached hydrogens (tertiary/aromatic N) is 3. The molecule has 2 aliphatic rings. The minimum absolute atomic E-state index is 0.230. The lowest BCUT2D eigenvalue weighted by atomic mass is 9.94. The SMILES string of the molecule is CCCN1CCc2c(sc(NC(=O)c3ccc(S(=O)(=O)N4CC(C)CC(C)C4)cc3)c2-c2nc3ccccc3s2)C1. The summed E-state index contributed by atoms with van der Waals surface area (Å²) < 4.78 is 29.4. The molecule has 2 unspecified atom stereocenters. The van der Waals surface area contributed by atoms with Crippen molar-refractivity contribution in [3.8, 4) is 10.6 Å². The lowest BCUT2D eigenvalue weighted by molar-refractivity contribution is 0.102. The summed E-state index contributed by atoms with van der Waals surface area (Å²) >= 11 is 3.29. The van der Waals surface area contributed by atoms with Crippen molar-refractivity contribution in [3.63, 3.8) is 0 Å². The summed E-state index contributed by atoms with van der Waals surface area (Å²) in [6.45, 7) is 10.4. The normalized spacial score (nSPS) is 20.3. The van der Waals surface area contributed by atoms with Crippen LogP contribution in [0.3, 0.4) is 0 Å². The van der Waals surface area contributed by atoms with Gasteiger partial charge in [0.15, 0.2) is 0 Å². The number of rotatable bonds is 7. The van der Waals surface area contributed by atoms with Crippen LogP contribution in [0.1, 0.15) is 54.4 Å². The van der Waals surface area contributed by atoms with Crippen LogP contribution in [-0.2, 0) is 23.0 Å². The number of nitrogens with one attached hydrogen (secondary N) is 1. The highest BCUT2D eigenvalue weighted by Gasteiger charge is 2.32. The molecule has 4 aromatic rings. The third-order valence-electron chi connectivity index (χ3n) is 8.00. The Bertz CT molecular complexity index is 1630. The van der Waals surface area contributed by atoms with Crippen LogP contribution in [0.4, 0.5) is 5.00 Å². The Kier molecular flexibility index (Phi) is 8.04. The van der Waals surface area contributed by atoms with Crippen molar-refractivity contribution in [3.05, 3.63) is 64.5 Å². The van der Waals surface area contributed by atoms with Crippen molar-refractivity contribution in [2.75, 3.05) is 31.5 Å². The smallest absolute Gasteiger partial charge is 0.256 e. The van der Waals surface area contributed by atoms with Gasteiger partial charge in [0.2, 0.25) is 10.0 Å². The Labute approximate surface area is 250 Å². The molecule has 41 heavy (non-hydrogen) atoms. The van der Waals surface area contributed by atoms with Crippen molar-refractivity contribution in [1.29, 1.82) is 0 Å². The van der Waals surface area contributed by atoms with Crippen LogP contribution >= 0.6 is 22.7 Å².